The molecule has 158 valence electrons. The van der Waals surface area contributed by atoms with Gasteiger partial charge in [0.05, 0.1) is 10.3 Å². The number of aromatic nitrogens is 2. The molecule has 4 heterocycles. The van der Waals surface area contributed by atoms with Crippen LogP contribution in [0, 0.1) is 18.8 Å². The highest BCUT2D eigenvalue weighted by atomic mass is 32.1. The van der Waals surface area contributed by atoms with Gasteiger partial charge in [-0.2, -0.15) is 0 Å². The molecule has 4 rings (SSSR count). The molecule has 7 heteroatoms. The first kappa shape index (κ1) is 20.5. The number of hydrogen-bond acceptors (Lipinski definition) is 5. The number of fused-ring (bicyclic) bond motifs is 2. The van der Waals surface area contributed by atoms with Gasteiger partial charge in [-0.05, 0) is 56.6 Å². The highest BCUT2D eigenvalue weighted by Crippen LogP contribution is 2.28. The van der Waals surface area contributed by atoms with Crippen molar-refractivity contribution < 1.29 is 4.79 Å². The lowest BCUT2D eigenvalue weighted by Gasteiger charge is -2.34. The van der Waals surface area contributed by atoms with Crippen LogP contribution in [-0.2, 0) is 13.0 Å². The van der Waals surface area contributed by atoms with E-state index in [0.717, 1.165) is 75.1 Å². The van der Waals surface area contributed by atoms with E-state index in [4.69, 9.17) is 4.98 Å². The molecule has 0 aliphatic carbocycles. The fourth-order valence-electron chi connectivity index (χ4n) is 5.01. The number of likely N-dealkylation sites (tertiary alicyclic amines) is 1. The molecule has 2 atom stereocenters. The maximum atomic E-state index is 12.9. The maximum absolute atomic E-state index is 12.9. The van der Waals surface area contributed by atoms with Gasteiger partial charge in [0.1, 0.15) is 10.7 Å². The van der Waals surface area contributed by atoms with Crippen LogP contribution in [-0.4, -0.2) is 46.5 Å². The molecule has 0 bridgehead atoms. The van der Waals surface area contributed by atoms with Crippen molar-refractivity contribution in [1.29, 1.82) is 0 Å². The van der Waals surface area contributed by atoms with E-state index in [1.807, 2.05) is 6.92 Å². The topological polar surface area (TPSA) is 67.2 Å². The number of nitrogens with zero attached hydrogens (tertiary/aromatic N) is 3. The summed E-state index contributed by atoms with van der Waals surface area (Å²) in [6.45, 7) is 11.3. The van der Waals surface area contributed by atoms with Gasteiger partial charge in [-0.15, -0.1) is 11.3 Å². The van der Waals surface area contributed by atoms with Gasteiger partial charge < -0.3 is 10.2 Å². The van der Waals surface area contributed by atoms with Crippen molar-refractivity contribution in [3.63, 3.8) is 0 Å². The van der Waals surface area contributed by atoms with Gasteiger partial charge in [-0.1, -0.05) is 13.8 Å². The summed E-state index contributed by atoms with van der Waals surface area (Å²) in [4.78, 5) is 34.3. The normalized spacial score (nSPS) is 22.6. The Hall–Kier alpha value is -1.73. The molecule has 0 radical (unpaired) electrons. The molecule has 0 spiro atoms. The van der Waals surface area contributed by atoms with E-state index in [9.17, 15) is 9.59 Å². The molecule has 2 aromatic rings. The van der Waals surface area contributed by atoms with Crippen molar-refractivity contribution in [2.75, 3.05) is 26.2 Å². The number of thiophene rings is 1. The molecule has 2 aliphatic rings. The predicted octanol–water partition coefficient (Wildman–Crippen LogP) is 3.20. The van der Waals surface area contributed by atoms with Crippen LogP contribution in [0.3, 0.4) is 0 Å². The number of nitrogens with one attached hydrogen (secondary N) is 1. The smallest absolute Gasteiger partial charge is 0.262 e. The van der Waals surface area contributed by atoms with Crippen LogP contribution in [0.25, 0.3) is 10.2 Å². The summed E-state index contributed by atoms with van der Waals surface area (Å²) in [5.41, 5.74) is 0.797. The Morgan fingerprint density at radius 2 is 2.00 bits per heavy atom. The van der Waals surface area contributed by atoms with Gasteiger partial charge in [-0.3, -0.25) is 14.2 Å². The van der Waals surface area contributed by atoms with Crippen LogP contribution < -0.4 is 10.9 Å². The number of amides is 1. The van der Waals surface area contributed by atoms with Crippen molar-refractivity contribution in [2.45, 2.75) is 59.4 Å². The highest BCUT2D eigenvalue weighted by molar-refractivity contribution is 7.20. The quantitative estimate of drug-likeness (QED) is 0.760. The molecule has 1 N–H and O–H groups in total. The van der Waals surface area contributed by atoms with Crippen molar-refractivity contribution in [2.24, 2.45) is 11.8 Å². The van der Waals surface area contributed by atoms with E-state index in [-0.39, 0.29) is 11.5 Å². The van der Waals surface area contributed by atoms with Crippen molar-refractivity contribution in [3.8, 4) is 0 Å². The maximum Gasteiger partial charge on any atom is 0.262 e. The SMILES string of the molecule is Cc1c(C(=O)NCCCN2C[C@H](C)C[C@@H](C)C2)sc2nc3n(c(=O)c12)CCCC3. The minimum atomic E-state index is -0.0757. The van der Waals surface area contributed by atoms with Gasteiger partial charge in [0.15, 0.2) is 0 Å². The zero-order chi connectivity index (χ0) is 20.5. The lowest BCUT2D eigenvalue weighted by atomic mass is 9.92. The zero-order valence-electron chi connectivity index (χ0n) is 17.8. The van der Waals surface area contributed by atoms with Crippen LogP contribution in [0.5, 0.6) is 0 Å². The average Bonchev–Trinajstić information content (AvgIpc) is 3.01. The first-order valence-corrected chi connectivity index (χ1v) is 11.8. The molecule has 6 nitrogen and oxygen atoms in total. The lowest BCUT2D eigenvalue weighted by molar-refractivity contribution is 0.0951. The largest absolute Gasteiger partial charge is 0.351 e. The van der Waals surface area contributed by atoms with Crippen LogP contribution >= 0.6 is 11.3 Å². The molecule has 2 aromatic heterocycles. The highest BCUT2D eigenvalue weighted by Gasteiger charge is 2.23. The Kier molecular flexibility index (Phi) is 6.06. The molecule has 29 heavy (non-hydrogen) atoms. The number of hydrogen-bond donors (Lipinski definition) is 1. The van der Waals surface area contributed by atoms with E-state index >= 15 is 0 Å². The Balaban J connectivity index is 1.40. The number of piperidine rings is 1. The van der Waals surface area contributed by atoms with Gasteiger partial charge in [0.2, 0.25) is 0 Å². The first-order valence-electron chi connectivity index (χ1n) is 11.0. The number of carbonyl (C=O) groups is 1. The van der Waals surface area contributed by atoms with Gasteiger partial charge in [0.25, 0.3) is 11.5 Å². The molecule has 0 saturated carbocycles. The minimum absolute atomic E-state index is 0.0193. The predicted molar refractivity (Wildman–Crippen MR) is 118 cm³/mol. The Morgan fingerprint density at radius 1 is 1.24 bits per heavy atom. The molecule has 0 unspecified atom stereocenters. The van der Waals surface area contributed by atoms with Crippen LogP contribution in [0.2, 0.25) is 0 Å². The average molecular weight is 417 g/mol. The number of aryl methyl sites for hydroxylation is 2. The monoisotopic (exact) mass is 416 g/mol. The number of rotatable bonds is 5. The summed E-state index contributed by atoms with van der Waals surface area (Å²) in [6.07, 6.45) is 5.20. The fourth-order valence-corrected chi connectivity index (χ4v) is 6.12. The van der Waals surface area contributed by atoms with E-state index in [0.29, 0.717) is 21.6 Å². The third kappa shape index (κ3) is 4.26. The van der Waals surface area contributed by atoms with Crippen molar-refractivity contribution >= 4 is 27.5 Å². The summed E-state index contributed by atoms with van der Waals surface area (Å²) in [6, 6.07) is 0. The second kappa shape index (κ2) is 8.56. The molecular formula is C22H32N4O2S. The van der Waals surface area contributed by atoms with E-state index < -0.39 is 0 Å². The van der Waals surface area contributed by atoms with E-state index in [1.54, 1.807) is 4.57 Å². The molecule has 0 aromatic carbocycles. The molecule has 1 fully saturated rings. The third-order valence-corrected chi connectivity index (χ3v) is 7.43. The summed E-state index contributed by atoms with van der Waals surface area (Å²) in [7, 11) is 0. The van der Waals surface area contributed by atoms with E-state index in [1.165, 1.54) is 17.8 Å². The van der Waals surface area contributed by atoms with Gasteiger partial charge in [0, 0.05) is 32.6 Å². The summed E-state index contributed by atoms with van der Waals surface area (Å²) >= 11 is 1.36. The first-order chi connectivity index (χ1) is 13.9. The summed E-state index contributed by atoms with van der Waals surface area (Å²) < 4.78 is 1.80. The standard InChI is InChI=1S/C22H32N4O2S/c1-14-11-15(2)13-25(12-14)9-6-8-23-20(27)19-16(3)18-21(29-19)24-17-7-4-5-10-26(17)22(18)28/h14-15H,4-13H2,1-3H3,(H,23,27)/t14-,15-/m1/s1. The van der Waals surface area contributed by atoms with Crippen LogP contribution in [0.1, 0.15) is 60.6 Å². The molecule has 2 aliphatic heterocycles. The molecule has 1 amide bonds. The van der Waals surface area contributed by atoms with Crippen LogP contribution in [0.4, 0.5) is 0 Å². The third-order valence-electron chi connectivity index (χ3n) is 6.25. The van der Waals surface area contributed by atoms with E-state index in [2.05, 4.69) is 24.1 Å². The number of carbonyl (C=O) groups excluding carboxylic acids is 1. The minimum Gasteiger partial charge on any atom is -0.351 e. The van der Waals surface area contributed by atoms with Crippen molar-refractivity contribution in [1.82, 2.24) is 19.8 Å². The fraction of sp³-hybridized carbons (Fsp3) is 0.682. The zero-order valence-corrected chi connectivity index (χ0v) is 18.6. The second-order valence-corrected chi connectivity index (χ2v) is 9.99. The van der Waals surface area contributed by atoms with Crippen LogP contribution in [0.15, 0.2) is 4.79 Å². The Bertz CT molecular complexity index is 954. The summed E-state index contributed by atoms with van der Waals surface area (Å²) in [5.74, 6) is 2.30. The second-order valence-electron chi connectivity index (χ2n) is 8.99. The molecule has 1 saturated heterocycles. The lowest BCUT2D eigenvalue weighted by Crippen LogP contribution is -2.40. The Morgan fingerprint density at radius 3 is 2.76 bits per heavy atom. The Labute approximate surface area is 176 Å². The van der Waals surface area contributed by atoms with Gasteiger partial charge >= 0.3 is 0 Å². The molecular weight excluding hydrogens is 384 g/mol. The van der Waals surface area contributed by atoms with Gasteiger partial charge in [-0.25, -0.2) is 4.98 Å². The summed E-state index contributed by atoms with van der Waals surface area (Å²) in [5, 5.41) is 3.69. The van der Waals surface area contributed by atoms with Crippen molar-refractivity contribution in [3.05, 3.63) is 26.6 Å².